The average molecular weight is 164 g/mol. The van der Waals surface area contributed by atoms with Crippen LogP contribution in [0.5, 0.6) is 0 Å². The topological polar surface area (TPSA) is 28.2 Å². The van der Waals surface area contributed by atoms with Gasteiger partial charge in [0, 0.05) is 5.57 Å². The van der Waals surface area contributed by atoms with Crippen molar-refractivity contribution in [2.45, 2.75) is 26.7 Å². The first-order chi connectivity index (χ1) is 5.83. The normalized spacial score (nSPS) is 19.7. The zero-order valence-corrected chi connectivity index (χ0v) is 7.80. The number of rotatable bonds is 3. The summed E-state index contributed by atoms with van der Waals surface area (Å²) in [6.07, 6.45) is 9.30. The predicted molar refractivity (Wildman–Crippen MR) is 48.6 cm³/mol. The third-order valence-corrected chi connectivity index (χ3v) is 1.79. The van der Waals surface area contributed by atoms with E-state index in [1.165, 1.54) is 29.9 Å². The van der Waals surface area contributed by atoms with Crippen molar-refractivity contribution in [3.63, 3.8) is 0 Å². The molecule has 0 aromatic carbocycles. The van der Waals surface area contributed by atoms with Crippen LogP contribution in [0.3, 0.4) is 0 Å². The van der Waals surface area contributed by atoms with Crippen molar-refractivity contribution < 1.29 is 4.90 Å². The minimum absolute atomic E-state index is 1.25. The Morgan fingerprint density at radius 1 is 1.50 bits per heavy atom. The van der Waals surface area contributed by atoms with Crippen molar-refractivity contribution in [2.75, 3.05) is 6.54 Å². The number of unbranched alkanes of at least 4 members (excludes halogenated alkanes) is 1. The molecule has 0 spiro atoms. The summed E-state index contributed by atoms with van der Waals surface area (Å²) in [5.74, 6) is 0. The first kappa shape index (κ1) is 10.9. The molecule has 2 nitrogen and oxygen atoms in total. The van der Waals surface area contributed by atoms with Crippen molar-refractivity contribution in [2.24, 2.45) is 0 Å². The number of allylic oxidation sites excluding steroid dienone is 2. The van der Waals surface area contributed by atoms with Gasteiger partial charge in [0.05, 0.1) is 12.7 Å². The Kier molecular flexibility index (Phi) is 6.04. The predicted octanol–water partition coefficient (Wildman–Crippen LogP) is 1.20. The number of hydrogen-bond acceptors (Lipinski definition) is 1. The van der Waals surface area contributed by atoms with Crippen LogP contribution < -0.4 is 4.90 Å². The second-order valence-electron chi connectivity index (χ2n) is 2.90. The van der Waals surface area contributed by atoms with Crippen LogP contribution in [0, 0.1) is 11.8 Å². The van der Waals surface area contributed by atoms with Gasteiger partial charge in [-0.3, -0.25) is 4.90 Å². The summed E-state index contributed by atoms with van der Waals surface area (Å²) in [4.78, 5) is 1.50. The molecule has 0 amide bonds. The molecule has 1 aliphatic heterocycles. The molecule has 1 unspecified atom stereocenters. The van der Waals surface area contributed by atoms with E-state index in [0.717, 1.165) is 0 Å². The van der Waals surface area contributed by atoms with E-state index in [2.05, 4.69) is 32.3 Å². The van der Waals surface area contributed by atoms with E-state index in [4.69, 9.17) is 11.8 Å². The van der Waals surface area contributed by atoms with Crippen molar-refractivity contribution in [1.82, 2.24) is 0 Å². The summed E-state index contributed by atoms with van der Waals surface area (Å²) >= 11 is 0. The summed E-state index contributed by atoms with van der Waals surface area (Å²) < 4.78 is 0. The van der Waals surface area contributed by atoms with Gasteiger partial charge in [0.2, 0.25) is 0 Å². The maximum atomic E-state index is 6.25. The molecular weight excluding hydrogens is 148 g/mol. The van der Waals surface area contributed by atoms with Crippen molar-refractivity contribution >= 4 is 0 Å². The lowest BCUT2D eigenvalue weighted by molar-refractivity contribution is -0.788. The van der Waals surface area contributed by atoms with Gasteiger partial charge in [-0.15, -0.1) is 0 Å². The Labute approximate surface area is 74.8 Å². The molecule has 66 valence electrons. The number of hydrogen-bond donors (Lipinski definition) is 1. The number of nitrogens with one attached hydrogen (secondary N) is 1. The molecule has 1 atom stereocenters. The number of nitrogens with zero attached hydrogens (tertiary/aromatic N) is 1. The van der Waals surface area contributed by atoms with Crippen molar-refractivity contribution in [1.29, 1.82) is 5.26 Å². The Bertz CT molecular complexity index is 189. The van der Waals surface area contributed by atoms with E-state index in [0.29, 0.717) is 0 Å². The van der Waals surface area contributed by atoms with E-state index < -0.39 is 0 Å². The van der Waals surface area contributed by atoms with Gasteiger partial charge in [-0.05, 0) is 19.4 Å². The van der Waals surface area contributed by atoms with Crippen LogP contribution in [-0.2, 0) is 0 Å². The van der Waals surface area contributed by atoms with Gasteiger partial charge in [-0.25, -0.2) is 0 Å². The molecule has 2 heteroatoms. The summed E-state index contributed by atoms with van der Waals surface area (Å²) in [6.45, 7) is 10.4. The standard InChI is InChI=1S/C9H15N.CN/c1-3-4-6-10-7-5-9(2)8-10;1-2/h5,7-8H,3-4,6H2,1-2H3;/q;-1/p+1. The van der Waals surface area contributed by atoms with Crippen LogP contribution in [0.25, 0.3) is 0 Å². The van der Waals surface area contributed by atoms with Gasteiger partial charge in [0.1, 0.15) is 6.20 Å². The van der Waals surface area contributed by atoms with Crippen molar-refractivity contribution in [3.05, 3.63) is 30.6 Å². The lowest BCUT2D eigenvalue weighted by atomic mass is 10.3. The summed E-state index contributed by atoms with van der Waals surface area (Å²) in [6, 6.07) is 0. The zero-order chi connectivity index (χ0) is 9.40. The highest BCUT2D eigenvalue weighted by atomic mass is 15.1. The fraction of sp³-hybridized carbons (Fsp3) is 0.500. The zero-order valence-electron chi connectivity index (χ0n) is 7.80. The highest BCUT2D eigenvalue weighted by Gasteiger charge is 2.05. The minimum atomic E-state index is 1.25. The van der Waals surface area contributed by atoms with E-state index in [1.807, 2.05) is 0 Å². The van der Waals surface area contributed by atoms with Crippen LogP contribution >= 0.6 is 0 Å². The van der Waals surface area contributed by atoms with Crippen LogP contribution in [0.4, 0.5) is 0 Å². The molecule has 12 heavy (non-hydrogen) atoms. The minimum Gasteiger partial charge on any atom is -0.512 e. The molecule has 0 aliphatic carbocycles. The Morgan fingerprint density at radius 2 is 2.17 bits per heavy atom. The van der Waals surface area contributed by atoms with E-state index in [9.17, 15) is 0 Å². The van der Waals surface area contributed by atoms with Gasteiger partial charge in [0.15, 0.2) is 0 Å². The quantitative estimate of drug-likeness (QED) is 0.624. The van der Waals surface area contributed by atoms with Gasteiger partial charge in [-0.2, -0.15) is 0 Å². The second-order valence-corrected chi connectivity index (χ2v) is 2.90. The molecule has 0 saturated carbocycles. The largest absolute Gasteiger partial charge is 0.512 e. The van der Waals surface area contributed by atoms with Gasteiger partial charge >= 0.3 is 0 Å². The lowest BCUT2D eigenvalue weighted by Gasteiger charge is -2.03. The fourth-order valence-corrected chi connectivity index (χ4v) is 1.16. The molecule has 1 aliphatic rings. The highest BCUT2D eigenvalue weighted by molar-refractivity contribution is 5.14. The van der Waals surface area contributed by atoms with Crippen molar-refractivity contribution in [3.8, 4) is 0 Å². The summed E-state index contributed by atoms with van der Waals surface area (Å²) in [5, 5.41) is 6.25. The first-order valence-electron chi connectivity index (χ1n) is 4.27. The van der Waals surface area contributed by atoms with Gasteiger partial charge in [0.25, 0.3) is 0 Å². The van der Waals surface area contributed by atoms with Crippen LogP contribution in [0.1, 0.15) is 26.7 Å². The molecule has 0 saturated heterocycles. The molecule has 0 radical (unpaired) electrons. The average Bonchev–Trinajstić information content (AvgIpc) is 2.51. The molecule has 0 aromatic heterocycles. The van der Waals surface area contributed by atoms with Crippen LogP contribution in [0.2, 0.25) is 0 Å². The molecule has 1 rings (SSSR count). The monoisotopic (exact) mass is 164 g/mol. The third kappa shape index (κ3) is 3.95. The first-order valence-corrected chi connectivity index (χ1v) is 4.27. The third-order valence-electron chi connectivity index (χ3n) is 1.79. The maximum absolute atomic E-state index is 6.25. The van der Waals surface area contributed by atoms with Crippen LogP contribution in [0.15, 0.2) is 24.0 Å². The summed E-state index contributed by atoms with van der Waals surface area (Å²) in [7, 11) is 0. The fourth-order valence-electron chi connectivity index (χ4n) is 1.16. The SMILES string of the molecule is CCCC[NH+]1C=CC(C)=C1.[C-]#N. The van der Waals surface area contributed by atoms with Crippen LogP contribution in [-0.4, -0.2) is 6.54 Å². The van der Waals surface area contributed by atoms with E-state index in [1.54, 1.807) is 0 Å². The Hall–Kier alpha value is -1.07. The molecular formula is C10H16N2. The molecule has 0 fully saturated rings. The molecule has 1 N–H and O–H groups in total. The van der Waals surface area contributed by atoms with E-state index >= 15 is 0 Å². The second kappa shape index (κ2) is 6.63. The smallest absolute Gasteiger partial charge is 0.102 e. The highest BCUT2D eigenvalue weighted by Crippen LogP contribution is 1.93. The van der Waals surface area contributed by atoms with Gasteiger partial charge in [-0.1, -0.05) is 13.3 Å². The van der Waals surface area contributed by atoms with E-state index in [-0.39, 0.29) is 0 Å². The molecule has 0 aromatic rings. The van der Waals surface area contributed by atoms with Gasteiger partial charge < -0.3 is 11.8 Å². The maximum Gasteiger partial charge on any atom is 0.102 e. The number of quaternary nitrogens is 1. The molecule has 0 bridgehead atoms. The summed E-state index contributed by atoms with van der Waals surface area (Å²) in [5.41, 5.74) is 1.39. The Morgan fingerprint density at radius 3 is 2.58 bits per heavy atom. The molecule has 1 heterocycles. The Balaban J connectivity index is 0.000000561. The lowest BCUT2D eigenvalue weighted by Crippen LogP contribution is -3.01.